The highest BCUT2D eigenvalue weighted by Crippen LogP contribution is 2.46. The van der Waals surface area contributed by atoms with E-state index in [-0.39, 0.29) is 17.5 Å². The van der Waals surface area contributed by atoms with E-state index < -0.39 is 19.7 Å². The van der Waals surface area contributed by atoms with Gasteiger partial charge in [0.1, 0.15) is 24.6 Å². The number of anilines is 3. The van der Waals surface area contributed by atoms with Gasteiger partial charge in [-0.1, -0.05) is 27.7 Å². The number of aromatic nitrogens is 4. The Balaban J connectivity index is 1.74. The van der Waals surface area contributed by atoms with Gasteiger partial charge in [0.2, 0.25) is 5.95 Å². The molecule has 1 atom stereocenters. The summed E-state index contributed by atoms with van der Waals surface area (Å²) in [5.74, 6) is -0.313. The highest BCUT2D eigenvalue weighted by Gasteiger charge is 2.44. The van der Waals surface area contributed by atoms with Crippen LogP contribution in [-0.4, -0.2) is 65.9 Å². The number of rotatable bonds is 10. The molecular formula is C28H35BN7O4Si. The van der Waals surface area contributed by atoms with Crippen molar-refractivity contribution in [2.24, 2.45) is 0 Å². The average molecular weight is 573 g/mol. The molecule has 0 bridgehead atoms. The molecule has 0 aliphatic carbocycles. The van der Waals surface area contributed by atoms with Crippen molar-refractivity contribution < 1.29 is 19.1 Å². The highest BCUT2D eigenvalue weighted by atomic mass is 28.4. The lowest BCUT2D eigenvalue weighted by Crippen LogP contribution is -2.46. The summed E-state index contributed by atoms with van der Waals surface area (Å²) in [6.07, 6.45) is 2.33. The Morgan fingerprint density at radius 1 is 1.34 bits per heavy atom. The number of aryl methyl sites for hydroxylation is 1. The third-order valence-electron chi connectivity index (χ3n) is 7.86. The average Bonchev–Trinajstić information content (AvgIpc) is 3.37. The summed E-state index contributed by atoms with van der Waals surface area (Å²) in [5.41, 5.74) is 3.49. The molecule has 0 saturated carbocycles. The van der Waals surface area contributed by atoms with Gasteiger partial charge in [-0.15, -0.1) is 0 Å². The molecule has 3 aromatic rings. The molecule has 1 aliphatic heterocycles. The Labute approximate surface area is 242 Å². The Kier molecular flexibility index (Phi) is 8.11. The molecule has 2 aromatic heterocycles. The maximum Gasteiger partial charge on any atom is 0.329 e. The third-order valence-corrected chi connectivity index (χ3v) is 12.3. The van der Waals surface area contributed by atoms with Crippen molar-refractivity contribution >= 4 is 45.3 Å². The van der Waals surface area contributed by atoms with Gasteiger partial charge in [0, 0.05) is 42.1 Å². The second-order valence-corrected chi connectivity index (χ2v) is 17.0. The molecule has 1 aromatic carbocycles. The molecule has 0 amide bonds. The fourth-order valence-electron chi connectivity index (χ4n) is 4.65. The summed E-state index contributed by atoms with van der Waals surface area (Å²) in [6.45, 7) is 15.5. The first kappa shape index (κ1) is 30.0. The molecule has 0 unspecified atom stereocenters. The minimum Gasteiger partial charge on any atom is -0.480 e. The smallest absolute Gasteiger partial charge is 0.329 e. The molecule has 213 valence electrons. The molecule has 0 fully saturated rings. The number of nitriles is 1. The van der Waals surface area contributed by atoms with Gasteiger partial charge >= 0.3 is 13.4 Å². The fourth-order valence-corrected chi connectivity index (χ4v) is 5.76. The molecule has 1 aliphatic rings. The molecule has 1 radical (unpaired) electrons. The first-order valence-corrected chi connectivity index (χ1v) is 16.2. The summed E-state index contributed by atoms with van der Waals surface area (Å²) in [7, 11) is -0.610. The van der Waals surface area contributed by atoms with Crippen molar-refractivity contribution in [1.82, 2.24) is 19.7 Å². The van der Waals surface area contributed by atoms with E-state index in [1.165, 1.54) is 12.1 Å². The van der Waals surface area contributed by atoms with Crippen LogP contribution in [0.15, 0.2) is 30.5 Å². The van der Waals surface area contributed by atoms with Crippen LogP contribution in [0, 0.1) is 18.3 Å². The fraction of sp³-hybridized carbons (Fsp3) is 0.429. The number of fused-ring (bicyclic) bond motifs is 1. The predicted octanol–water partition coefficient (Wildman–Crippen LogP) is 4.26. The standard InChI is InChI=1S/C28H35BN7O4Si/c1-18-10-23(36(34-18)14-24(38)39)33-26-31-9-8-22(32-26)19-11-20(13-30)25-21(12-19)28(5,15-35(25)29-17-37)16-40-41(6,7)27(2,3)4/h8-12,17H,14-16H2,1-7H3,(H,38,39)(H,31,32,33)/t28-/m1/s1. The van der Waals surface area contributed by atoms with Gasteiger partial charge in [-0.25, -0.2) is 14.6 Å². The number of aliphatic carboxylic acids is 1. The second-order valence-electron chi connectivity index (χ2n) is 12.2. The van der Waals surface area contributed by atoms with E-state index in [1.54, 1.807) is 31.3 Å². The first-order chi connectivity index (χ1) is 19.2. The number of nitrogens with zero attached hydrogens (tertiary/aromatic N) is 6. The third kappa shape index (κ3) is 6.18. The van der Waals surface area contributed by atoms with E-state index >= 15 is 0 Å². The molecule has 4 rings (SSSR count). The number of hydrogen-bond donors (Lipinski definition) is 2. The number of carboxylic acids is 1. The Bertz CT molecular complexity index is 1530. The largest absolute Gasteiger partial charge is 0.480 e. The normalized spacial score (nSPS) is 16.7. The van der Waals surface area contributed by atoms with E-state index in [9.17, 15) is 20.0 Å². The quantitative estimate of drug-likeness (QED) is 0.267. The van der Waals surface area contributed by atoms with Crippen LogP contribution >= 0.6 is 0 Å². The summed E-state index contributed by atoms with van der Waals surface area (Å²) < 4.78 is 7.99. The van der Waals surface area contributed by atoms with Gasteiger partial charge in [-0.3, -0.25) is 4.79 Å². The van der Waals surface area contributed by atoms with Crippen LogP contribution in [0.25, 0.3) is 11.3 Å². The predicted molar refractivity (Wildman–Crippen MR) is 160 cm³/mol. The molecular weight excluding hydrogens is 537 g/mol. The van der Waals surface area contributed by atoms with Crippen molar-refractivity contribution in [2.75, 3.05) is 23.3 Å². The van der Waals surface area contributed by atoms with E-state index in [2.05, 4.69) is 67.2 Å². The Morgan fingerprint density at radius 2 is 2.07 bits per heavy atom. The van der Waals surface area contributed by atoms with Crippen molar-refractivity contribution in [2.45, 2.75) is 64.7 Å². The van der Waals surface area contributed by atoms with Gasteiger partial charge in [0.25, 0.3) is 0 Å². The number of benzene rings is 1. The molecule has 11 nitrogen and oxygen atoms in total. The van der Waals surface area contributed by atoms with Crippen LogP contribution in [0.3, 0.4) is 0 Å². The molecule has 41 heavy (non-hydrogen) atoms. The van der Waals surface area contributed by atoms with Gasteiger partial charge in [-0.2, -0.15) is 10.4 Å². The lowest BCUT2D eigenvalue weighted by Gasteiger charge is -2.39. The first-order valence-electron chi connectivity index (χ1n) is 13.3. The van der Waals surface area contributed by atoms with Crippen molar-refractivity contribution in [1.29, 1.82) is 5.26 Å². The minimum atomic E-state index is -2.07. The number of hydrogen-bond acceptors (Lipinski definition) is 9. The summed E-state index contributed by atoms with van der Waals surface area (Å²) in [4.78, 5) is 33.6. The monoisotopic (exact) mass is 572 g/mol. The molecule has 0 spiro atoms. The summed E-state index contributed by atoms with van der Waals surface area (Å²) in [6, 6.07) is 9.54. The molecule has 3 heterocycles. The number of carboxylic acid groups (broad SMARTS) is 1. The number of carbonyl (C=O) groups excluding carboxylic acids is 1. The number of carbonyl (C=O) groups is 2. The Morgan fingerprint density at radius 3 is 2.71 bits per heavy atom. The topological polar surface area (TPSA) is 146 Å². The van der Waals surface area contributed by atoms with Crippen molar-refractivity contribution in [3.63, 3.8) is 0 Å². The minimum absolute atomic E-state index is 0.0296. The van der Waals surface area contributed by atoms with Crippen LogP contribution in [0.4, 0.5) is 17.5 Å². The maximum absolute atomic E-state index is 11.5. The van der Waals surface area contributed by atoms with Crippen LogP contribution in [-0.2, 0) is 26.0 Å². The number of nitrogens with one attached hydrogen (secondary N) is 1. The highest BCUT2D eigenvalue weighted by molar-refractivity contribution is 6.74. The van der Waals surface area contributed by atoms with Gasteiger partial charge in [0.15, 0.2) is 8.32 Å². The van der Waals surface area contributed by atoms with Crippen LogP contribution in [0.2, 0.25) is 18.1 Å². The van der Waals surface area contributed by atoms with Crippen LogP contribution in [0.5, 0.6) is 0 Å². The van der Waals surface area contributed by atoms with Gasteiger partial charge in [-0.05, 0) is 48.8 Å². The van der Waals surface area contributed by atoms with Crippen LogP contribution in [0.1, 0.15) is 44.5 Å². The maximum atomic E-state index is 11.5. The van der Waals surface area contributed by atoms with Gasteiger partial charge in [0.05, 0.1) is 17.0 Å². The van der Waals surface area contributed by atoms with E-state index in [0.717, 1.165) is 11.7 Å². The lowest BCUT2D eigenvalue weighted by molar-refractivity contribution is -0.137. The zero-order valence-corrected chi connectivity index (χ0v) is 25.5. The lowest BCUT2D eigenvalue weighted by atomic mass is 9.83. The zero-order chi connectivity index (χ0) is 30.2. The van der Waals surface area contributed by atoms with Gasteiger partial charge < -0.3 is 24.5 Å². The Hall–Kier alpha value is -4.02. The van der Waals surface area contributed by atoms with E-state index in [0.29, 0.717) is 47.2 Å². The van der Waals surface area contributed by atoms with E-state index in [1.807, 2.05) is 10.9 Å². The summed E-state index contributed by atoms with van der Waals surface area (Å²) >= 11 is 0. The van der Waals surface area contributed by atoms with E-state index in [4.69, 9.17) is 4.43 Å². The molecule has 13 heteroatoms. The second kappa shape index (κ2) is 11.1. The zero-order valence-electron chi connectivity index (χ0n) is 24.5. The van der Waals surface area contributed by atoms with Crippen molar-refractivity contribution in [3.05, 3.63) is 47.3 Å². The SMILES string of the molecule is Cc1cc(Nc2nccc(-c3cc(C#N)c4c(c3)[C@@](C)(CO[Si](C)(C)C(C)(C)C)CN4[B]C=O)n2)n(CC(=O)O)n1. The summed E-state index contributed by atoms with van der Waals surface area (Å²) in [5, 5.41) is 26.7. The van der Waals surface area contributed by atoms with Crippen LogP contribution < -0.4 is 10.1 Å². The molecule has 0 saturated heterocycles. The molecule has 2 N–H and O–H groups in total. The van der Waals surface area contributed by atoms with Crippen molar-refractivity contribution in [3.8, 4) is 17.3 Å².